The maximum Gasteiger partial charge on any atom is 0.274 e. The van der Waals surface area contributed by atoms with Crippen molar-refractivity contribution in [1.29, 1.82) is 0 Å². The van der Waals surface area contributed by atoms with Crippen LogP contribution in [-0.4, -0.2) is 79.6 Å². The molecule has 0 aromatic carbocycles. The molecule has 10 nitrogen and oxygen atoms in total. The van der Waals surface area contributed by atoms with Crippen molar-refractivity contribution in [3.05, 3.63) is 58.8 Å². The third-order valence-electron chi connectivity index (χ3n) is 5.86. The Morgan fingerprint density at radius 1 is 0.969 bits per heavy atom. The number of aryl methyl sites for hydroxylation is 1. The molecule has 0 unspecified atom stereocenters. The van der Waals surface area contributed by atoms with E-state index in [0.717, 1.165) is 37.3 Å². The van der Waals surface area contributed by atoms with Crippen LogP contribution in [0.25, 0.3) is 11.3 Å². The third kappa shape index (κ3) is 4.26. The van der Waals surface area contributed by atoms with Crippen molar-refractivity contribution < 1.29 is 9.53 Å². The van der Waals surface area contributed by atoms with E-state index in [0.29, 0.717) is 44.4 Å². The smallest absolute Gasteiger partial charge is 0.274 e. The normalized spacial score (nSPS) is 16.4. The average Bonchev–Trinajstić information content (AvgIpc) is 3.28. The predicted molar refractivity (Wildman–Crippen MR) is 116 cm³/mol. The molecule has 0 saturated carbocycles. The van der Waals surface area contributed by atoms with Crippen LogP contribution in [0.4, 0.5) is 0 Å². The number of rotatable bonds is 5. The van der Waals surface area contributed by atoms with Crippen LogP contribution in [0.3, 0.4) is 0 Å². The molecule has 2 aliphatic rings. The molecule has 166 valence electrons. The molecular weight excluding hydrogens is 410 g/mol. The lowest BCUT2D eigenvalue weighted by molar-refractivity contribution is 0.0624. The fourth-order valence-electron chi connectivity index (χ4n) is 4.03. The summed E-state index contributed by atoms with van der Waals surface area (Å²) < 4.78 is 8.83. The number of nitrogens with zero attached hydrogens (tertiary/aromatic N) is 7. The zero-order valence-electron chi connectivity index (χ0n) is 17.8. The minimum atomic E-state index is -0.123. The van der Waals surface area contributed by atoms with Gasteiger partial charge in [0.25, 0.3) is 11.5 Å². The van der Waals surface area contributed by atoms with Gasteiger partial charge in [-0.05, 0) is 18.2 Å². The van der Waals surface area contributed by atoms with Crippen molar-refractivity contribution in [2.75, 3.05) is 39.3 Å². The number of hydrogen-bond donors (Lipinski definition) is 0. The molecule has 0 aliphatic carbocycles. The van der Waals surface area contributed by atoms with E-state index < -0.39 is 0 Å². The van der Waals surface area contributed by atoms with Gasteiger partial charge in [0.1, 0.15) is 0 Å². The van der Waals surface area contributed by atoms with Gasteiger partial charge in [-0.1, -0.05) is 0 Å². The summed E-state index contributed by atoms with van der Waals surface area (Å²) in [6, 6.07) is 8.76. The summed E-state index contributed by atoms with van der Waals surface area (Å²) in [4.78, 5) is 33.2. The second-order valence-corrected chi connectivity index (χ2v) is 7.94. The van der Waals surface area contributed by atoms with E-state index in [-0.39, 0.29) is 11.5 Å². The second kappa shape index (κ2) is 8.91. The topological polar surface area (TPSA) is 98.4 Å². The highest BCUT2D eigenvalue weighted by Gasteiger charge is 2.26. The first-order valence-electron chi connectivity index (χ1n) is 10.9. The first-order chi connectivity index (χ1) is 15.7. The second-order valence-electron chi connectivity index (χ2n) is 7.94. The number of pyridine rings is 1. The van der Waals surface area contributed by atoms with Gasteiger partial charge >= 0.3 is 0 Å². The summed E-state index contributed by atoms with van der Waals surface area (Å²) in [5.41, 5.74) is 1.99. The summed E-state index contributed by atoms with van der Waals surface area (Å²) in [5, 5.41) is 8.90. The van der Waals surface area contributed by atoms with E-state index in [9.17, 15) is 9.59 Å². The Hall–Kier alpha value is -3.53. The highest BCUT2D eigenvalue weighted by molar-refractivity contribution is 5.92. The average molecular weight is 435 g/mol. The minimum absolute atomic E-state index is 0.0573. The lowest BCUT2D eigenvalue weighted by Gasteiger charge is -2.34. The van der Waals surface area contributed by atoms with E-state index in [1.165, 1.54) is 4.68 Å². The number of fused-ring (bicyclic) bond motifs is 1. The molecule has 1 amide bonds. The van der Waals surface area contributed by atoms with Gasteiger partial charge in [-0.25, -0.2) is 9.36 Å². The molecule has 3 aromatic rings. The summed E-state index contributed by atoms with van der Waals surface area (Å²) in [5.74, 6) is 0.614. The van der Waals surface area contributed by atoms with Crippen molar-refractivity contribution >= 4 is 5.91 Å². The molecule has 10 heteroatoms. The number of hydrogen-bond acceptors (Lipinski definition) is 7. The van der Waals surface area contributed by atoms with Gasteiger partial charge in [-0.15, -0.1) is 0 Å². The Balaban J connectivity index is 1.17. The van der Waals surface area contributed by atoms with Crippen molar-refractivity contribution in [1.82, 2.24) is 34.3 Å². The molecule has 0 radical (unpaired) electrons. The van der Waals surface area contributed by atoms with Crippen LogP contribution >= 0.6 is 0 Å². The van der Waals surface area contributed by atoms with Crippen molar-refractivity contribution in [2.45, 2.75) is 19.5 Å². The van der Waals surface area contributed by atoms with Crippen LogP contribution in [0.2, 0.25) is 0 Å². The lowest BCUT2D eigenvalue weighted by Crippen LogP contribution is -2.49. The highest BCUT2D eigenvalue weighted by Crippen LogP contribution is 2.20. The molecule has 0 bridgehead atoms. The molecule has 5 heterocycles. The minimum Gasteiger partial charge on any atom is -0.478 e. The van der Waals surface area contributed by atoms with E-state index in [2.05, 4.69) is 20.1 Å². The molecule has 1 saturated heterocycles. The van der Waals surface area contributed by atoms with Crippen LogP contribution in [0.15, 0.2) is 47.5 Å². The van der Waals surface area contributed by atoms with Gasteiger partial charge in [-0.3, -0.25) is 19.5 Å². The molecule has 2 aliphatic heterocycles. The van der Waals surface area contributed by atoms with Crippen LogP contribution in [0.1, 0.15) is 16.9 Å². The monoisotopic (exact) mass is 435 g/mol. The lowest BCUT2D eigenvalue weighted by atomic mass is 10.2. The molecular formula is C22H25N7O3. The van der Waals surface area contributed by atoms with Crippen LogP contribution in [0.5, 0.6) is 5.88 Å². The fraction of sp³-hybridized carbons (Fsp3) is 0.409. The van der Waals surface area contributed by atoms with Gasteiger partial charge in [0.05, 0.1) is 18.8 Å². The van der Waals surface area contributed by atoms with Gasteiger partial charge in [0.15, 0.2) is 5.69 Å². The van der Waals surface area contributed by atoms with E-state index in [1.54, 1.807) is 35.3 Å². The van der Waals surface area contributed by atoms with Crippen molar-refractivity contribution in [3.8, 4) is 17.1 Å². The van der Waals surface area contributed by atoms with Gasteiger partial charge < -0.3 is 9.64 Å². The molecule has 5 rings (SSSR count). The summed E-state index contributed by atoms with van der Waals surface area (Å²) in [7, 11) is 0. The van der Waals surface area contributed by atoms with Gasteiger partial charge in [0.2, 0.25) is 5.88 Å². The Labute approximate surface area is 185 Å². The quantitative estimate of drug-likeness (QED) is 0.583. The van der Waals surface area contributed by atoms with Crippen LogP contribution in [-0.2, 0) is 13.1 Å². The summed E-state index contributed by atoms with van der Waals surface area (Å²) in [6.45, 7) is 5.39. The summed E-state index contributed by atoms with van der Waals surface area (Å²) >= 11 is 0. The zero-order chi connectivity index (χ0) is 21.9. The number of aromatic nitrogens is 5. The third-order valence-corrected chi connectivity index (χ3v) is 5.86. The standard InChI is InChI=1S/C22H25N7O3/c30-20-3-2-18(17-4-6-23-7-5-17)24-28(20)14-11-26-9-12-27(13-10-26)22(31)19-16-21-29(25-19)8-1-15-32-21/h2-7,16H,1,8-15H2. The molecule has 0 N–H and O–H groups in total. The van der Waals surface area contributed by atoms with Gasteiger partial charge in [-0.2, -0.15) is 10.2 Å². The van der Waals surface area contributed by atoms with Crippen LogP contribution in [0, 0.1) is 0 Å². The predicted octanol–water partition coefficient (Wildman–Crippen LogP) is 0.742. The zero-order valence-corrected chi connectivity index (χ0v) is 17.8. The number of carbonyl (C=O) groups excluding carboxylic acids is 1. The molecule has 3 aromatic heterocycles. The largest absolute Gasteiger partial charge is 0.478 e. The Bertz CT molecular complexity index is 1130. The molecule has 0 spiro atoms. The van der Waals surface area contributed by atoms with E-state index >= 15 is 0 Å². The fourth-order valence-corrected chi connectivity index (χ4v) is 4.03. The van der Waals surface area contributed by atoms with Crippen molar-refractivity contribution in [2.24, 2.45) is 0 Å². The number of ether oxygens (including phenoxy) is 1. The number of amides is 1. The Morgan fingerprint density at radius 2 is 1.78 bits per heavy atom. The number of carbonyl (C=O) groups is 1. The maximum atomic E-state index is 12.8. The number of piperazine rings is 1. The first-order valence-corrected chi connectivity index (χ1v) is 10.9. The molecule has 0 atom stereocenters. The van der Waals surface area contributed by atoms with Gasteiger partial charge in [0, 0.05) is 75.8 Å². The maximum absolute atomic E-state index is 12.8. The SMILES string of the molecule is O=C(c1cc2n(n1)CCCO2)N1CCN(CCn2nc(-c3ccncc3)ccc2=O)CC1. The summed E-state index contributed by atoms with van der Waals surface area (Å²) in [6.07, 6.45) is 4.32. The van der Waals surface area contributed by atoms with E-state index in [4.69, 9.17) is 4.74 Å². The highest BCUT2D eigenvalue weighted by atomic mass is 16.5. The Kier molecular flexibility index (Phi) is 5.68. The molecule has 1 fully saturated rings. The van der Waals surface area contributed by atoms with E-state index in [1.807, 2.05) is 17.0 Å². The Morgan fingerprint density at radius 3 is 2.56 bits per heavy atom. The first kappa shape index (κ1) is 20.4. The molecule has 32 heavy (non-hydrogen) atoms. The van der Waals surface area contributed by atoms with Crippen molar-refractivity contribution in [3.63, 3.8) is 0 Å². The van der Waals surface area contributed by atoms with Crippen LogP contribution < -0.4 is 10.3 Å².